The molecule has 2 aromatic carbocycles. The number of fused-ring (bicyclic) bond motifs is 2. The minimum atomic E-state index is -0.788. The van der Waals surface area contributed by atoms with Gasteiger partial charge in [0.1, 0.15) is 10.6 Å². The van der Waals surface area contributed by atoms with Gasteiger partial charge in [-0.25, -0.2) is 4.98 Å². The maximum absolute atomic E-state index is 13.4. The summed E-state index contributed by atoms with van der Waals surface area (Å²) >= 11 is 4.82. The van der Waals surface area contributed by atoms with Crippen molar-refractivity contribution in [3.63, 3.8) is 0 Å². The Kier molecular flexibility index (Phi) is 5.38. The number of nitrogens with one attached hydrogen (secondary N) is 1. The molecule has 4 aromatic rings. The van der Waals surface area contributed by atoms with Crippen molar-refractivity contribution in [3.05, 3.63) is 74.6 Å². The molecule has 9 heteroatoms. The van der Waals surface area contributed by atoms with E-state index < -0.39 is 12.1 Å². The van der Waals surface area contributed by atoms with Gasteiger partial charge >= 0.3 is 0 Å². The molecular formula is C24H18BrN3O4S. The molecule has 166 valence electrons. The Morgan fingerprint density at radius 1 is 1.21 bits per heavy atom. The van der Waals surface area contributed by atoms with Crippen LogP contribution in [-0.4, -0.2) is 27.3 Å². The van der Waals surface area contributed by atoms with Crippen LogP contribution in [-0.2, 0) is 4.79 Å². The van der Waals surface area contributed by atoms with Crippen molar-refractivity contribution in [1.29, 1.82) is 0 Å². The molecule has 1 aliphatic heterocycles. The number of aromatic nitrogens is 2. The van der Waals surface area contributed by atoms with Crippen molar-refractivity contribution >= 4 is 54.9 Å². The highest BCUT2D eigenvalue weighted by atomic mass is 79.9. The van der Waals surface area contributed by atoms with E-state index >= 15 is 0 Å². The summed E-state index contributed by atoms with van der Waals surface area (Å²) in [6.45, 7) is 3.32. The predicted molar refractivity (Wildman–Crippen MR) is 131 cm³/mol. The lowest BCUT2D eigenvalue weighted by Gasteiger charge is -2.24. The largest absolute Gasteiger partial charge is 0.479 e. The van der Waals surface area contributed by atoms with Crippen molar-refractivity contribution in [1.82, 2.24) is 9.55 Å². The molecule has 1 amide bonds. The fourth-order valence-corrected chi connectivity index (χ4v) is 4.96. The van der Waals surface area contributed by atoms with Gasteiger partial charge in [0, 0.05) is 21.0 Å². The fourth-order valence-electron chi connectivity index (χ4n) is 3.79. The van der Waals surface area contributed by atoms with E-state index in [9.17, 15) is 14.4 Å². The Bertz CT molecular complexity index is 1480. The first-order valence-corrected chi connectivity index (χ1v) is 11.9. The molecular weight excluding hydrogens is 506 g/mol. The molecule has 0 spiro atoms. The Morgan fingerprint density at radius 3 is 2.73 bits per heavy atom. The first-order chi connectivity index (χ1) is 15.8. The Morgan fingerprint density at radius 2 is 1.97 bits per heavy atom. The molecule has 2 aromatic heterocycles. The van der Waals surface area contributed by atoms with Crippen LogP contribution >= 0.6 is 27.3 Å². The number of ether oxygens (including phenoxy) is 1. The third-order valence-corrected chi connectivity index (χ3v) is 7.08. The Labute approximate surface area is 201 Å². The molecule has 3 heterocycles. The van der Waals surface area contributed by atoms with Crippen LogP contribution in [0.25, 0.3) is 21.3 Å². The summed E-state index contributed by atoms with van der Waals surface area (Å²) in [5.41, 5.74) is 2.22. The fraction of sp³-hybridized carbons (Fsp3) is 0.167. The number of hydrogen-bond donors (Lipinski definition) is 1. The highest BCUT2D eigenvalue weighted by molar-refractivity contribution is 9.10. The van der Waals surface area contributed by atoms with Crippen LogP contribution in [0, 0.1) is 0 Å². The van der Waals surface area contributed by atoms with E-state index in [1.807, 2.05) is 29.6 Å². The number of thiophene rings is 1. The van der Waals surface area contributed by atoms with E-state index in [0.717, 1.165) is 15.6 Å². The number of Topliss-reactive ketones (excluding diaryl/α,β-unsaturated/α-hetero) is 1. The van der Waals surface area contributed by atoms with Crippen molar-refractivity contribution in [3.8, 4) is 16.9 Å². The number of hydrogen-bond acceptors (Lipinski definition) is 6. The van der Waals surface area contributed by atoms with Crippen LogP contribution in [0.1, 0.15) is 30.2 Å². The van der Waals surface area contributed by atoms with Crippen LogP contribution in [0.3, 0.4) is 0 Å². The van der Waals surface area contributed by atoms with Crippen molar-refractivity contribution < 1.29 is 14.3 Å². The van der Waals surface area contributed by atoms with Crippen LogP contribution < -0.4 is 15.6 Å². The highest BCUT2D eigenvalue weighted by Crippen LogP contribution is 2.33. The summed E-state index contributed by atoms with van der Waals surface area (Å²) in [5, 5.41) is 5.15. The van der Waals surface area contributed by atoms with Gasteiger partial charge in [0.05, 0.1) is 23.4 Å². The standard InChI is InChI=1S/C24H18BrN3O4S/c1-12(21(29)15-5-8-19-18(9-15)27-22(30)13(2)32-19)28-11-26-23-20(24(28)31)17(10-33-23)14-3-6-16(25)7-4-14/h3-13H,1-2H3,(H,27,30). The second kappa shape index (κ2) is 8.24. The highest BCUT2D eigenvalue weighted by Gasteiger charge is 2.26. The number of ketones is 1. The summed E-state index contributed by atoms with van der Waals surface area (Å²) in [5.74, 6) is -0.0396. The number of anilines is 1. The molecule has 0 radical (unpaired) electrons. The number of amides is 1. The number of rotatable bonds is 4. The lowest BCUT2D eigenvalue weighted by Crippen LogP contribution is -2.34. The third kappa shape index (κ3) is 3.77. The van der Waals surface area contributed by atoms with Gasteiger partial charge in [-0.15, -0.1) is 11.3 Å². The summed E-state index contributed by atoms with van der Waals surface area (Å²) < 4.78 is 7.86. The minimum Gasteiger partial charge on any atom is -0.479 e. The summed E-state index contributed by atoms with van der Waals surface area (Å²) in [6, 6.07) is 11.8. The molecule has 33 heavy (non-hydrogen) atoms. The first kappa shape index (κ1) is 21.5. The van der Waals surface area contributed by atoms with Crippen LogP contribution in [0.15, 0.2) is 63.4 Å². The SMILES string of the molecule is CC1Oc2ccc(C(=O)C(C)n3cnc4scc(-c5ccc(Br)cc5)c4c3=O)cc2NC1=O. The monoisotopic (exact) mass is 523 g/mol. The minimum absolute atomic E-state index is 0.269. The first-order valence-electron chi connectivity index (χ1n) is 10.2. The molecule has 0 bridgehead atoms. The van der Waals surface area contributed by atoms with Gasteiger partial charge in [0.15, 0.2) is 11.9 Å². The molecule has 0 saturated heterocycles. The van der Waals surface area contributed by atoms with Crippen LogP contribution in [0.2, 0.25) is 0 Å². The van der Waals surface area contributed by atoms with Gasteiger partial charge in [-0.3, -0.25) is 19.0 Å². The zero-order chi connectivity index (χ0) is 23.3. The average molecular weight is 524 g/mol. The zero-order valence-electron chi connectivity index (χ0n) is 17.7. The quantitative estimate of drug-likeness (QED) is 0.378. The van der Waals surface area contributed by atoms with E-state index in [2.05, 4.69) is 26.2 Å². The number of halogens is 1. The average Bonchev–Trinajstić information content (AvgIpc) is 3.24. The third-order valence-electron chi connectivity index (χ3n) is 5.67. The lowest BCUT2D eigenvalue weighted by molar-refractivity contribution is -0.122. The Hall–Kier alpha value is -3.30. The summed E-state index contributed by atoms with van der Waals surface area (Å²) in [4.78, 5) is 43.7. The van der Waals surface area contributed by atoms with E-state index in [0.29, 0.717) is 27.2 Å². The summed E-state index contributed by atoms with van der Waals surface area (Å²) in [7, 11) is 0. The van der Waals surface area contributed by atoms with Crippen LogP contribution in [0.5, 0.6) is 5.75 Å². The topological polar surface area (TPSA) is 90.3 Å². The van der Waals surface area contributed by atoms with Gasteiger partial charge in [0.2, 0.25) is 0 Å². The smallest absolute Gasteiger partial charge is 0.265 e. The maximum Gasteiger partial charge on any atom is 0.265 e. The Balaban J connectivity index is 1.52. The molecule has 0 saturated carbocycles. The molecule has 7 nitrogen and oxygen atoms in total. The molecule has 1 N–H and O–H groups in total. The molecule has 2 unspecified atom stereocenters. The predicted octanol–water partition coefficient (Wildman–Crippen LogP) is 5.05. The molecule has 0 fully saturated rings. The second-order valence-electron chi connectivity index (χ2n) is 7.79. The zero-order valence-corrected chi connectivity index (χ0v) is 20.1. The number of carbonyl (C=O) groups is 2. The summed E-state index contributed by atoms with van der Waals surface area (Å²) in [6.07, 6.45) is 0.819. The molecule has 1 aliphatic rings. The molecule has 5 rings (SSSR count). The number of nitrogens with zero attached hydrogens (tertiary/aromatic N) is 2. The van der Waals surface area contributed by atoms with Gasteiger partial charge in [-0.05, 0) is 49.7 Å². The number of carbonyl (C=O) groups excluding carboxylic acids is 2. The van der Waals surface area contributed by atoms with E-state index in [1.54, 1.807) is 32.0 Å². The van der Waals surface area contributed by atoms with E-state index in [4.69, 9.17) is 4.74 Å². The van der Waals surface area contributed by atoms with Gasteiger partial charge in [-0.1, -0.05) is 28.1 Å². The second-order valence-corrected chi connectivity index (χ2v) is 9.57. The van der Waals surface area contributed by atoms with E-state index in [-0.39, 0.29) is 17.2 Å². The molecule has 0 aliphatic carbocycles. The number of benzene rings is 2. The van der Waals surface area contributed by atoms with E-state index in [1.165, 1.54) is 22.2 Å². The van der Waals surface area contributed by atoms with Gasteiger partial charge in [-0.2, -0.15) is 0 Å². The normalized spacial score (nSPS) is 16.1. The molecule has 2 atom stereocenters. The lowest BCUT2D eigenvalue weighted by atomic mass is 10.0. The van der Waals surface area contributed by atoms with Crippen molar-refractivity contribution in [2.24, 2.45) is 0 Å². The maximum atomic E-state index is 13.4. The van der Waals surface area contributed by atoms with Gasteiger partial charge < -0.3 is 10.1 Å². The van der Waals surface area contributed by atoms with Crippen molar-refractivity contribution in [2.45, 2.75) is 26.0 Å². The van der Waals surface area contributed by atoms with Crippen LogP contribution in [0.4, 0.5) is 5.69 Å². The van der Waals surface area contributed by atoms with Crippen molar-refractivity contribution in [2.75, 3.05) is 5.32 Å². The van der Waals surface area contributed by atoms with Gasteiger partial charge in [0.25, 0.3) is 11.5 Å².